The fourth-order valence-electron chi connectivity index (χ4n) is 3.25. The van der Waals surface area contributed by atoms with Gasteiger partial charge in [-0.15, -0.1) is 0 Å². The average Bonchev–Trinajstić information content (AvgIpc) is 2.88. The van der Waals surface area contributed by atoms with E-state index in [0.717, 1.165) is 25.3 Å². The molecule has 1 fully saturated rings. The Morgan fingerprint density at radius 2 is 2.19 bits per heavy atom. The molecule has 0 saturated carbocycles. The first-order valence-corrected chi connectivity index (χ1v) is 8.12. The predicted molar refractivity (Wildman–Crippen MR) is 86.0 cm³/mol. The van der Waals surface area contributed by atoms with E-state index in [9.17, 15) is 5.26 Å². The molecule has 4 heteroatoms. The Labute approximate surface area is 129 Å². The van der Waals surface area contributed by atoms with Gasteiger partial charge in [-0.3, -0.25) is 4.90 Å². The zero-order chi connectivity index (χ0) is 15.2. The molecule has 0 unspecified atom stereocenters. The Bertz CT molecular complexity index is 483. The highest BCUT2D eigenvalue weighted by molar-refractivity contribution is 5.28. The third kappa shape index (κ3) is 4.33. The third-order valence-electron chi connectivity index (χ3n) is 4.45. The van der Waals surface area contributed by atoms with Crippen molar-refractivity contribution in [3.63, 3.8) is 0 Å². The molecule has 1 aromatic rings. The van der Waals surface area contributed by atoms with Gasteiger partial charge in [-0.1, -0.05) is 6.42 Å². The second-order valence-corrected chi connectivity index (χ2v) is 6.34. The lowest BCUT2D eigenvalue weighted by atomic mass is 9.98. The van der Waals surface area contributed by atoms with Crippen molar-refractivity contribution < 1.29 is 0 Å². The largest absolute Gasteiger partial charge is 0.339 e. The standard InChI is InChI=1S/C17H28N4/c1-4-20-13-15(11-17(20)12-18)14-21-9-6-5-7-16(21)8-10-19(2)3/h11,13,16H,4-10,14H2,1-3H3/t16-/m0/s1. The summed E-state index contributed by atoms with van der Waals surface area (Å²) in [4.78, 5) is 4.89. The molecule has 2 rings (SSSR count). The van der Waals surface area contributed by atoms with E-state index in [1.54, 1.807) is 0 Å². The summed E-state index contributed by atoms with van der Waals surface area (Å²) in [6, 6.07) is 5.04. The first-order chi connectivity index (χ1) is 10.1. The third-order valence-corrected chi connectivity index (χ3v) is 4.45. The quantitative estimate of drug-likeness (QED) is 0.807. The van der Waals surface area contributed by atoms with Crippen LogP contribution in [0.4, 0.5) is 0 Å². The molecular weight excluding hydrogens is 260 g/mol. The second kappa shape index (κ2) is 7.63. The Morgan fingerprint density at radius 1 is 1.38 bits per heavy atom. The van der Waals surface area contributed by atoms with Gasteiger partial charge in [-0.25, -0.2) is 0 Å². The second-order valence-electron chi connectivity index (χ2n) is 6.34. The van der Waals surface area contributed by atoms with Crippen molar-refractivity contribution in [3.05, 3.63) is 23.5 Å². The van der Waals surface area contributed by atoms with Gasteiger partial charge in [0, 0.05) is 25.3 Å². The maximum absolute atomic E-state index is 9.18. The fraction of sp³-hybridized carbons (Fsp3) is 0.706. The monoisotopic (exact) mass is 288 g/mol. The van der Waals surface area contributed by atoms with Crippen LogP contribution in [0.25, 0.3) is 0 Å². The first-order valence-electron chi connectivity index (χ1n) is 8.12. The molecular formula is C17H28N4. The van der Waals surface area contributed by atoms with E-state index in [1.807, 2.05) is 4.57 Å². The van der Waals surface area contributed by atoms with E-state index < -0.39 is 0 Å². The molecule has 1 aliphatic heterocycles. The molecule has 1 saturated heterocycles. The van der Waals surface area contributed by atoms with Crippen LogP contribution in [0.3, 0.4) is 0 Å². The van der Waals surface area contributed by atoms with Crippen molar-refractivity contribution in [1.29, 1.82) is 5.26 Å². The van der Waals surface area contributed by atoms with Gasteiger partial charge in [0.2, 0.25) is 0 Å². The van der Waals surface area contributed by atoms with Gasteiger partial charge in [0.25, 0.3) is 0 Å². The summed E-state index contributed by atoms with van der Waals surface area (Å²) in [5.74, 6) is 0. The van der Waals surface area contributed by atoms with Gasteiger partial charge in [-0.05, 0) is 65.0 Å². The van der Waals surface area contributed by atoms with Crippen molar-refractivity contribution in [1.82, 2.24) is 14.4 Å². The van der Waals surface area contributed by atoms with Crippen LogP contribution in [0.15, 0.2) is 12.3 Å². The highest BCUT2D eigenvalue weighted by Gasteiger charge is 2.22. The van der Waals surface area contributed by atoms with Gasteiger partial charge in [0.15, 0.2) is 0 Å². The summed E-state index contributed by atoms with van der Waals surface area (Å²) in [5.41, 5.74) is 2.07. The number of rotatable bonds is 6. The maximum atomic E-state index is 9.18. The molecule has 0 aromatic carbocycles. The molecule has 21 heavy (non-hydrogen) atoms. The maximum Gasteiger partial charge on any atom is 0.120 e. The van der Waals surface area contributed by atoms with Crippen molar-refractivity contribution in [2.24, 2.45) is 0 Å². The molecule has 4 nitrogen and oxygen atoms in total. The number of nitrogens with zero attached hydrogens (tertiary/aromatic N) is 4. The Hall–Kier alpha value is -1.31. The van der Waals surface area contributed by atoms with Crippen LogP contribution in [0.1, 0.15) is 43.9 Å². The Kier molecular flexibility index (Phi) is 5.84. The number of hydrogen-bond acceptors (Lipinski definition) is 3. The minimum Gasteiger partial charge on any atom is -0.339 e. The normalized spacial score (nSPS) is 19.9. The van der Waals surface area contributed by atoms with E-state index >= 15 is 0 Å². The van der Waals surface area contributed by atoms with E-state index in [1.165, 1.54) is 37.8 Å². The highest BCUT2D eigenvalue weighted by atomic mass is 15.2. The molecule has 0 radical (unpaired) electrons. The lowest BCUT2D eigenvalue weighted by Crippen LogP contribution is -2.40. The molecule has 1 aromatic heterocycles. The Balaban J connectivity index is 2.01. The summed E-state index contributed by atoms with van der Waals surface area (Å²) in [7, 11) is 4.29. The average molecular weight is 288 g/mol. The fourth-order valence-corrected chi connectivity index (χ4v) is 3.25. The highest BCUT2D eigenvalue weighted by Crippen LogP contribution is 2.23. The molecule has 0 aliphatic carbocycles. The molecule has 1 aliphatic rings. The molecule has 0 N–H and O–H groups in total. The van der Waals surface area contributed by atoms with E-state index in [0.29, 0.717) is 6.04 Å². The van der Waals surface area contributed by atoms with E-state index in [4.69, 9.17) is 0 Å². The summed E-state index contributed by atoms with van der Waals surface area (Å²) in [6.07, 6.45) is 7.36. The summed E-state index contributed by atoms with van der Waals surface area (Å²) < 4.78 is 2.05. The minimum absolute atomic E-state index is 0.691. The van der Waals surface area contributed by atoms with Crippen LogP contribution in [0, 0.1) is 11.3 Å². The van der Waals surface area contributed by atoms with Gasteiger partial charge in [0.1, 0.15) is 11.8 Å². The lowest BCUT2D eigenvalue weighted by Gasteiger charge is -2.36. The zero-order valence-corrected chi connectivity index (χ0v) is 13.7. The topological polar surface area (TPSA) is 35.2 Å². The number of hydrogen-bond donors (Lipinski definition) is 0. The van der Waals surface area contributed by atoms with Crippen molar-refractivity contribution >= 4 is 0 Å². The molecule has 2 heterocycles. The number of nitriles is 1. The van der Waals surface area contributed by atoms with Crippen LogP contribution in [0.5, 0.6) is 0 Å². The number of aromatic nitrogens is 1. The number of aryl methyl sites for hydroxylation is 1. The molecule has 1 atom stereocenters. The van der Waals surface area contributed by atoms with Crippen LogP contribution in [-0.4, -0.2) is 47.6 Å². The van der Waals surface area contributed by atoms with Gasteiger partial charge in [-0.2, -0.15) is 5.26 Å². The smallest absolute Gasteiger partial charge is 0.120 e. The van der Waals surface area contributed by atoms with Crippen LogP contribution < -0.4 is 0 Å². The van der Waals surface area contributed by atoms with Gasteiger partial charge >= 0.3 is 0 Å². The SMILES string of the molecule is CCn1cc(CN2CCCC[C@H]2CCN(C)C)cc1C#N. The summed E-state index contributed by atoms with van der Waals surface area (Å²) >= 11 is 0. The van der Waals surface area contributed by atoms with Crippen molar-refractivity contribution in [2.75, 3.05) is 27.2 Å². The molecule has 0 bridgehead atoms. The van der Waals surface area contributed by atoms with Crippen LogP contribution >= 0.6 is 0 Å². The molecule has 0 spiro atoms. The van der Waals surface area contributed by atoms with Gasteiger partial charge < -0.3 is 9.47 Å². The summed E-state index contributed by atoms with van der Waals surface area (Å²) in [6.45, 7) is 6.29. The minimum atomic E-state index is 0.691. The van der Waals surface area contributed by atoms with E-state index in [-0.39, 0.29) is 0 Å². The van der Waals surface area contributed by atoms with Gasteiger partial charge in [0.05, 0.1) is 0 Å². The van der Waals surface area contributed by atoms with E-state index in [2.05, 4.69) is 49.2 Å². The Morgan fingerprint density at radius 3 is 2.81 bits per heavy atom. The lowest BCUT2D eigenvalue weighted by molar-refractivity contribution is 0.124. The number of likely N-dealkylation sites (tertiary alicyclic amines) is 1. The summed E-state index contributed by atoms with van der Waals surface area (Å²) in [5, 5.41) is 9.18. The van der Waals surface area contributed by atoms with Crippen molar-refractivity contribution in [3.8, 4) is 6.07 Å². The molecule has 116 valence electrons. The number of piperidine rings is 1. The van der Waals surface area contributed by atoms with Crippen molar-refractivity contribution in [2.45, 2.75) is 51.7 Å². The first kappa shape index (κ1) is 16.1. The van der Waals surface area contributed by atoms with Crippen LogP contribution in [0.2, 0.25) is 0 Å². The molecule has 0 amide bonds. The van der Waals surface area contributed by atoms with Crippen LogP contribution in [-0.2, 0) is 13.1 Å². The zero-order valence-electron chi connectivity index (χ0n) is 13.7. The predicted octanol–water partition coefficient (Wildman–Crippen LogP) is 2.69.